The molecule has 0 aliphatic carbocycles. The summed E-state index contributed by atoms with van der Waals surface area (Å²) < 4.78 is 56.2. The maximum Gasteiger partial charge on any atom is 0.422 e. The molecule has 29 heavy (non-hydrogen) atoms. The third-order valence-electron chi connectivity index (χ3n) is 3.65. The Kier molecular flexibility index (Phi) is 9.76. The van der Waals surface area contributed by atoms with Gasteiger partial charge in [-0.25, -0.2) is 10.8 Å². The number of allylic oxidation sites excluding steroid dienone is 5. The van der Waals surface area contributed by atoms with E-state index in [-0.39, 0.29) is 4.90 Å². The van der Waals surface area contributed by atoms with E-state index in [2.05, 4.69) is 9.72 Å². The first-order valence-electron chi connectivity index (χ1n) is 8.69. The summed E-state index contributed by atoms with van der Waals surface area (Å²) in [6.45, 7) is 5.97. The zero-order valence-corrected chi connectivity index (χ0v) is 19.4. The number of ether oxygens (including phenoxy) is 1. The summed E-state index contributed by atoms with van der Waals surface area (Å²) in [5.41, 5.74) is 8.65. The van der Waals surface area contributed by atoms with Crippen molar-refractivity contribution < 1.29 is 22.3 Å². The molecule has 0 atom stereocenters. The van der Waals surface area contributed by atoms with Crippen LogP contribution in [0.5, 0.6) is 5.88 Å². The molecule has 0 amide bonds. The van der Waals surface area contributed by atoms with Gasteiger partial charge >= 0.3 is 6.18 Å². The molecule has 0 bridgehead atoms. The van der Waals surface area contributed by atoms with Crippen LogP contribution in [-0.2, 0) is 0 Å². The fraction of sp³-hybridized carbons (Fsp3) is 0.389. The van der Waals surface area contributed by atoms with Crippen LogP contribution in [0, 0.1) is 5.82 Å². The predicted octanol–water partition coefficient (Wildman–Crippen LogP) is 5.69. The highest BCUT2D eigenvalue weighted by Gasteiger charge is 2.30. The van der Waals surface area contributed by atoms with Gasteiger partial charge in [-0.2, -0.15) is 17.6 Å². The molecule has 0 radical (unpaired) electrons. The molecule has 4 N–H and O–H groups in total. The molecule has 11 heteroatoms. The summed E-state index contributed by atoms with van der Waals surface area (Å²) >= 11 is 1.85. The number of halogens is 5. The zero-order chi connectivity index (χ0) is 22.4. The molecule has 0 unspecified atom stereocenters. The second-order valence-corrected chi connectivity index (χ2v) is 7.51. The zero-order valence-electron chi connectivity index (χ0n) is 16.4. The first kappa shape index (κ1) is 25.6. The number of pyridine rings is 1. The van der Waals surface area contributed by atoms with E-state index in [1.165, 1.54) is 11.2 Å². The highest BCUT2D eigenvalue weighted by atomic mass is 127. The van der Waals surface area contributed by atoms with Crippen molar-refractivity contribution in [3.63, 3.8) is 0 Å². The van der Waals surface area contributed by atoms with Crippen LogP contribution in [0.25, 0.3) is 5.57 Å². The number of nitrogens with zero attached hydrogens (tertiary/aromatic N) is 2. The van der Waals surface area contributed by atoms with E-state index < -0.39 is 24.5 Å². The van der Waals surface area contributed by atoms with Gasteiger partial charge in [-0.1, -0.05) is 20.8 Å². The van der Waals surface area contributed by atoms with Gasteiger partial charge in [0, 0.05) is 44.4 Å². The molecule has 1 aliphatic rings. The van der Waals surface area contributed by atoms with Crippen LogP contribution in [0.3, 0.4) is 0 Å². The smallest absolute Gasteiger partial charge is 0.422 e. The molecule has 5 nitrogen and oxygen atoms in total. The topological polar surface area (TPSA) is 77.4 Å². The Labute approximate surface area is 183 Å². The third kappa shape index (κ3) is 6.51. The number of hydrogen-bond donors (Lipinski definition) is 2. The van der Waals surface area contributed by atoms with Crippen LogP contribution in [0.2, 0.25) is 0 Å². The Morgan fingerprint density at radius 3 is 2.41 bits per heavy atom. The Balaban J connectivity index is 0.00000204. The van der Waals surface area contributed by atoms with Gasteiger partial charge in [0.1, 0.15) is 0 Å². The molecule has 0 aromatic carbocycles. The SMILES string of the molecule is CC.CCC1=CC(c2cnc(OCC(F)(F)F)c(F)c2SI)=C/C(=C(\C)N)N1N. The van der Waals surface area contributed by atoms with Gasteiger partial charge in [0.15, 0.2) is 12.4 Å². The van der Waals surface area contributed by atoms with Gasteiger partial charge in [-0.05, 0) is 40.0 Å². The van der Waals surface area contributed by atoms with E-state index in [9.17, 15) is 17.6 Å². The Bertz CT molecular complexity index is 821. The number of hydrazine groups is 1. The van der Waals surface area contributed by atoms with E-state index >= 15 is 0 Å². The molecule has 0 fully saturated rings. The molecule has 0 saturated heterocycles. The Morgan fingerprint density at radius 1 is 1.31 bits per heavy atom. The summed E-state index contributed by atoms with van der Waals surface area (Å²) in [5.74, 6) is 4.39. The van der Waals surface area contributed by atoms with Crippen molar-refractivity contribution in [3.8, 4) is 5.88 Å². The largest absolute Gasteiger partial charge is 0.466 e. The lowest BCUT2D eigenvalue weighted by Crippen LogP contribution is -2.32. The number of rotatable bonds is 5. The Hall–Kier alpha value is -1.47. The van der Waals surface area contributed by atoms with Crippen molar-refractivity contribution in [3.05, 3.63) is 46.8 Å². The van der Waals surface area contributed by atoms with Crippen LogP contribution in [0.4, 0.5) is 17.6 Å². The predicted molar refractivity (Wildman–Crippen MR) is 116 cm³/mol. The molecule has 1 aromatic rings. The standard InChI is InChI=1S/C16H17F4IN4OS.C2H6/c1-3-10-4-9(5-12(8(2)22)25(10)23)11-6-24-15(13(17)14(11)27-21)26-7-16(18,19)20;1-2/h4-6H,3,7,22-23H2,1-2H3;1-2H3/b12-8-;. The monoisotopic (exact) mass is 546 g/mol. The van der Waals surface area contributed by atoms with Crippen molar-refractivity contribution in [1.82, 2.24) is 9.99 Å². The van der Waals surface area contributed by atoms with Crippen molar-refractivity contribution in [1.29, 1.82) is 0 Å². The second kappa shape index (κ2) is 11.1. The van der Waals surface area contributed by atoms with Gasteiger partial charge in [0.2, 0.25) is 0 Å². The van der Waals surface area contributed by atoms with Crippen molar-refractivity contribution >= 4 is 35.7 Å². The van der Waals surface area contributed by atoms with E-state index in [0.29, 0.717) is 29.0 Å². The maximum atomic E-state index is 14.7. The van der Waals surface area contributed by atoms with Crippen molar-refractivity contribution in [2.45, 2.75) is 45.2 Å². The molecule has 1 aliphatic heterocycles. The van der Waals surface area contributed by atoms with Gasteiger partial charge in [-0.15, -0.1) is 0 Å². The van der Waals surface area contributed by atoms with Crippen LogP contribution in [-0.4, -0.2) is 22.8 Å². The van der Waals surface area contributed by atoms with Gasteiger partial charge in [-0.3, -0.25) is 5.01 Å². The highest BCUT2D eigenvalue weighted by Crippen LogP contribution is 2.40. The van der Waals surface area contributed by atoms with E-state index in [1.54, 1.807) is 19.1 Å². The summed E-state index contributed by atoms with van der Waals surface area (Å²) in [4.78, 5) is 3.84. The fourth-order valence-electron chi connectivity index (χ4n) is 2.38. The summed E-state index contributed by atoms with van der Waals surface area (Å²) in [6, 6.07) is 0. The summed E-state index contributed by atoms with van der Waals surface area (Å²) in [6.07, 6.45) is 0.728. The molecule has 0 spiro atoms. The van der Waals surface area contributed by atoms with Crippen LogP contribution in [0.1, 0.15) is 39.7 Å². The maximum absolute atomic E-state index is 14.7. The number of aromatic nitrogens is 1. The molecule has 2 heterocycles. The fourth-order valence-corrected chi connectivity index (χ4v) is 4.08. The first-order valence-corrected chi connectivity index (χ1v) is 12.0. The first-order chi connectivity index (χ1) is 13.6. The quantitative estimate of drug-likeness (QED) is 0.281. The lowest BCUT2D eigenvalue weighted by molar-refractivity contribution is -0.154. The lowest BCUT2D eigenvalue weighted by Gasteiger charge is -2.28. The number of hydrogen-bond acceptors (Lipinski definition) is 6. The second-order valence-electron chi connectivity index (χ2n) is 5.63. The minimum absolute atomic E-state index is 0.111. The van der Waals surface area contributed by atoms with Crippen LogP contribution >= 0.6 is 30.1 Å². The Morgan fingerprint density at radius 2 is 1.93 bits per heavy atom. The van der Waals surface area contributed by atoms with Crippen LogP contribution in [0.15, 0.2) is 40.3 Å². The molecular weight excluding hydrogens is 523 g/mol. The minimum atomic E-state index is -4.59. The molecule has 0 saturated carbocycles. The van der Waals surface area contributed by atoms with Crippen molar-refractivity contribution in [2.75, 3.05) is 6.61 Å². The van der Waals surface area contributed by atoms with E-state index in [4.69, 9.17) is 11.6 Å². The van der Waals surface area contributed by atoms with E-state index in [1.807, 2.05) is 42.0 Å². The molecule has 162 valence electrons. The van der Waals surface area contributed by atoms with Gasteiger partial charge in [0.25, 0.3) is 5.88 Å². The lowest BCUT2D eigenvalue weighted by atomic mass is 10.00. The average Bonchev–Trinajstić information content (AvgIpc) is 2.67. The van der Waals surface area contributed by atoms with Crippen LogP contribution < -0.4 is 16.3 Å². The summed E-state index contributed by atoms with van der Waals surface area (Å²) in [7, 11) is 1.01. The molecule has 2 rings (SSSR count). The van der Waals surface area contributed by atoms with Gasteiger partial charge < -0.3 is 10.5 Å². The number of nitrogens with two attached hydrogens (primary N) is 2. The minimum Gasteiger partial charge on any atom is -0.466 e. The molecular formula is C18H23F4IN4OS. The van der Waals surface area contributed by atoms with E-state index in [0.717, 1.165) is 14.6 Å². The van der Waals surface area contributed by atoms with Gasteiger partial charge in [0.05, 0.1) is 10.6 Å². The average molecular weight is 546 g/mol. The molecule has 1 aromatic heterocycles. The summed E-state index contributed by atoms with van der Waals surface area (Å²) in [5, 5.41) is 1.44. The highest BCUT2D eigenvalue weighted by molar-refractivity contribution is 14.2. The third-order valence-corrected chi connectivity index (χ3v) is 5.53. The number of alkyl halides is 3. The normalized spacial score (nSPS) is 15.9. The van der Waals surface area contributed by atoms with Crippen molar-refractivity contribution in [2.24, 2.45) is 11.6 Å².